The van der Waals surface area contributed by atoms with Crippen molar-refractivity contribution in [3.05, 3.63) is 30.1 Å². The third-order valence-electron chi connectivity index (χ3n) is 4.32. The van der Waals surface area contributed by atoms with Crippen LogP contribution < -0.4 is 5.32 Å². The summed E-state index contributed by atoms with van der Waals surface area (Å²) in [5.41, 5.74) is 0.736. The summed E-state index contributed by atoms with van der Waals surface area (Å²) in [6.07, 6.45) is 8.58. The maximum Gasteiger partial charge on any atom is 0.0771 e. The first-order chi connectivity index (χ1) is 8.75. The van der Waals surface area contributed by atoms with Crippen molar-refractivity contribution in [3.63, 3.8) is 0 Å². The number of aromatic nitrogens is 1. The van der Waals surface area contributed by atoms with Crippen LogP contribution >= 0.6 is 0 Å². The van der Waals surface area contributed by atoms with Crippen LogP contribution in [-0.4, -0.2) is 28.3 Å². The SMILES string of the molecule is OC1(CNC(Cc2ccccn2)C2CC2)CCC1. The molecule has 3 heteroatoms. The molecule has 1 aromatic heterocycles. The van der Waals surface area contributed by atoms with Crippen LogP contribution in [0.15, 0.2) is 24.4 Å². The first-order valence-corrected chi connectivity index (χ1v) is 7.11. The van der Waals surface area contributed by atoms with Gasteiger partial charge in [0.25, 0.3) is 0 Å². The standard InChI is InChI=1S/C15H22N2O/c18-15(7-3-8-15)11-17-14(12-5-6-12)10-13-4-1-2-9-16-13/h1-2,4,9,12,14,17-18H,3,5-8,10-11H2. The van der Waals surface area contributed by atoms with E-state index in [4.69, 9.17) is 0 Å². The molecule has 1 aromatic rings. The molecule has 2 aliphatic carbocycles. The molecule has 0 aliphatic heterocycles. The van der Waals surface area contributed by atoms with E-state index in [0.717, 1.165) is 37.4 Å². The first kappa shape index (κ1) is 12.1. The van der Waals surface area contributed by atoms with E-state index < -0.39 is 5.60 Å². The second kappa shape index (κ2) is 4.98. The molecular weight excluding hydrogens is 224 g/mol. The molecular formula is C15H22N2O. The average Bonchev–Trinajstić information content (AvgIpc) is 3.17. The van der Waals surface area contributed by atoms with Crippen molar-refractivity contribution in [2.75, 3.05) is 6.54 Å². The Labute approximate surface area is 109 Å². The molecule has 1 unspecified atom stereocenters. The van der Waals surface area contributed by atoms with Crippen molar-refractivity contribution < 1.29 is 5.11 Å². The van der Waals surface area contributed by atoms with Gasteiger partial charge in [0.2, 0.25) is 0 Å². The molecule has 0 amide bonds. The van der Waals surface area contributed by atoms with Gasteiger partial charge >= 0.3 is 0 Å². The van der Waals surface area contributed by atoms with Crippen molar-refractivity contribution in [2.45, 2.75) is 50.2 Å². The van der Waals surface area contributed by atoms with Crippen molar-refractivity contribution in [3.8, 4) is 0 Å². The number of nitrogens with one attached hydrogen (secondary N) is 1. The van der Waals surface area contributed by atoms with Gasteiger partial charge < -0.3 is 10.4 Å². The normalized spacial score (nSPS) is 23.4. The Kier molecular flexibility index (Phi) is 3.35. The highest BCUT2D eigenvalue weighted by molar-refractivity contribution is 5.07. The lowest BCUT2D eigenvalue weighted by molar-refractivity contribution is -0.0336. The summed E-state index contributed by atoms with van der Waals surface area (Å²) >= 11 is 0. The number of pyridine rings is 1. The second-order valence-corrected chi connectivity index (χ2v) is 5.93. The van der Waals surface area contributed by atoms with E-state index in [1.165, 1.54) is 19.3 Å². The van der Waals surface area contributed by atoms with Crippen molar-refractivity contribution in [2.24, 2.45) is 5.92 Å². The number of hydrogen-bond donors (Lipinski definition) is 2. The Balaban J connectivity index is 1.55. The molecule has 1 heterocycles. The van der Waals surface area contributed by atoms with Crippen LogP contribution in [0.2, 0.25) is 0 Å². The van der Waals surface area contributed by atoms with Gasteiger partial charge in [0.1, 0.15) is 0 Å². The highest BCUT2D eigenvalue weighted by Crippen LogP contribution is 2.35. The third kappa shape index (κ3) is 2.90. The van der Waals surface area contributed by atoms with E-state index in [-0.39, 0.29) is 0 Å². The van der Waals surface area contributed by atoms with E-state index in [9.17, 15) is 5.11 Å². The van der Waals surface area contributed by atoms with Gasteiger partial charge in [-0.15, -0.1) is 0 Å². The summed E-state index contributed by atoms with van der Waals surface area (Å²) in [5, 5.41) is 13.7. The molecule has 18 heavy (non-hydrogen) atoms. The third-order valence-corrected chi connectivity index (χ3v) is 4.32. The molecule has 1 atom stereocenters. The van der Waals surface area contributed by atoms with Gasteiger partial charge in [-0.25, -0.2) is 0 Å². The fraction of sp³-hybridized carbons (Fsp3) is 0.667. The molecule has 3 rings (SSSR count). The zero-order valence-electron chi connectivity index (χ0n) is 10.8. The minimum Gasteiger partial charge on any atom is -0.389 e. The summed E-state index contributed by atoms with van der Waals surface area (Å²) in [6, 6.07) is 6.59. The second-order valence-electron chi connectivity index (χ2n) is 5.93. The smallest absolute Gasteiger partial charge is 0.0771 e. The minimum absolute atomic E-state index is 0.419. The highest BCUT2D eigenvalue weighted by atomic mass is 16.3. The molecule has 0 saturated heterocycles. The van der Waals surface area contributed by atoms with E-state index in [2.05, 4.69) is 16.4 Å². The molecule has 3 nitrogen and oxygen atoms in total. The van der Waals surface area contributed by atoms with Crippen LogP contribution in [-0.2, 0) is 6.42 Å². The van der Waals surface area contributed by atoms with Gasteiger partial charge in [0.05, 0.1) is 5.60 Å². The highest BCUT2D eigenvalue weighted by Gasteiger charge is 2.37. The summed E-state index contributed by atoms with van der Waals surface area (Å²) in [6.45, 7) is 0.751. The predicted octanol–water partition coefficient (Wildman–Crippen LogP) is 1.91. The topological polar surface area (TPSA) is 45.1 Å². The predicted molar refractivity (Wildman–Crippen MR) is 71.3 cm³/mol. The minimum atomic E-state index is -0.419. The summed E-state index contributed by atoms with van der Waals surface area (Å²) in [7, 11) is 0. The van der Waals surface area contributed by atoms with Crippen molar-refractivity contribution in [1.82, 2.24) is 10.3 Å². The van der Waals surface area contributed by atoms with Gasteiger partial charge in [0.15, 0.2) is 0 Å². The van der Waals surface area contributed by atoms with Gasteiger partial charge in [-0.05, 0) is 50.2 Å². The van der Waals surface area contributed by atoms with Gasteiger partial charge in [-0.3, -0.25) is 4.98 Å². The lowest BCUT2D eigenvalue weighted by Gasteiger charge is -2.38. The number of aliphatic hydroxyl groups is 1. The zero-order valence-corrected chi connectivity index (χ0v) is 10.8. The number of rotatable bonds is 6. The molecule has 2 aliphatic rings. The number of nitrogens with zero attached hydrogens (tertiary/aromatic N) is 1. The fourth-order valence-electron chi connectivity index (χ4n) is 2.73. The molecule has 2 N–H and O–H groups in total. The monoisotopic (exact) mass is 246 g/mol. The Morgan fingerprint density at radius 1 is 1.39 bits per heavy atom. The Morgan fingerprint density at radius 3 is 2.78 bits per heavy atom. The Bertz CT molecular complexity index is 385. The largest absolute Gasteiger partial charge is 0.389 e. The molecule has 98 valence electrons. The van der Waals surface area contributed by atoms with E-state index >= 15 is 0 Å². The van der Waals surface area contributed by atoms with E-state index in [1.807, 2.05) is 18.3 Å². The van der Waals surface area contributed by atoms with Crippen LogP contribution in [0.25, 0.3) is 0 Å². The molecule has 2 saturated carbocycles. The lowest BCUT2D eigenvalue weighted by Crippen LogP contribution is -2.50. The van der Waals surface area contributed by atoms with Gasteiger partial charge in [-0.1, -0.05) is 6.07 Å². The Hall–Kier alpha value is -0.930. The first-order valence-electron chi connectivity index (χ1n) is 7.11. The lowest BCUT2D eigenvalue weighted by atomic mass is 9.80. The molecule has 0 bridgehead atoms. The quantitative estimate of drug-likeness (QED) is 0.806. The van der Waals surface area contributed by atoms with Gasteiger partial charge in [0, 0.05) is 30.9 Å². The van der Waals surface area contributed by atoms with Crippen LogP contribution in [0.3, 0.4) is 0 Å². The van der Waals surface area contributed by atoms with Crippen LogP contribution in [0.5, 0.6) is 0 Å². The van der Waals surface area contributed by atoms with Gasteiger partial charge in [-0.2, -0.15) is 0 Å². The zero-order chi connectivity index (χ0) is 12.4. The van der Waals surface area contributed by atoms with Crippen molar-refractivity contribution in [1.29, 1.82) is 0 Å². The van der Waals surface area contributed by atoms with Crippen LogP contribution in [0.4, 0.5) is 0 Å². The summed E-state index contributed by atoms with van der Waals surface area (Å²) in [5.74, 6) is 0.788. The maximum absolute atomic E-state index is 10.1. The molecule has 0 spiro atoms. The van der Waals surface area contributed by atoms with E-state index in [1.54, 1.807) is 0 Å². The van der Waals surface area contributed by atoms with Crippen molar-refractivity contribution >= 4 is 0 Å². The Morgan fingerprint density at radius 2 is 2.22 bits per heavy atom. The average molecular weight is 246 g/mol. The molecule has 2 fully saturated rings. The number of hydrogen-bond acceptors (Lipinski definition) is 3. The maximum atomic E-state index is 10.1. The summed E-state index contributed by atoms with van der Waals surface area (Å²) < 4.78 is 0. The van der Waals surface area contributed by atoms with E-state index in [0.29, 0.717) is 6.04 Å². The molecule has 0 aromatic carbocycles. The fourth-order valence-corrected chi connectivity index (χ4v) is 2.73. The summed E-state index contributed by atoms with van der Waals surface area (Å²) in [4.78, 5) is 4.40. The van der Waals surface area contributed by atoms with Crippen LogP contribution in [0, 0.1) is 5.92 Å². The molecule has 0 radical (unpaired) electrons. The van der Waals surface area contributed by atoms with Crippen LogP contribution in [0.1, 0.15) is 37.8 Å².